The summed E-state index contributed by atoms with van der Waals surface area (Å²) in [6, 6.07) is 10.5. The van der Waals surface area contributed by atoms with E-state index in [1.807, 2.05) is 6.07 Å². The van der Waals surface area contributed by atoms with E-state index in [-0.39, 0.29) is 17.4 Å². The van der Waals surface area contributed by atoms with Gasteiger partial charge >= 0.3 is 0 Å². The van der Waals surface area contributed by atoms with Crippen LogP contribution in [-0.2, 0) is 10.3 Å². The molecule has 2 fully saturated rings. The second kappa shape index (κ2) is 7.48. The molecular weight excluding hydrogens is 284 g/mol. The molecule has 3 rings (SSSR count). The van der Waals surface area contributed by atoms with E-state index in [2.05, 4.69) is 41.8 Å². The first-order valence-corrected chi connectivity index (χ1v) is 9.32. The van der Waals surface area contributed by atoms with E-state index in [9.17, 15) is 4.79 Å². The fraction of sp³-hybridized carbons (Fsp3) is 0.650. The third-order valence-corrected chi connectivity index (χ3v) is 5.87. The molecule has 0 spiro atoms. The molecule has 1 saturated heterocycles. The zero-order valence-electron chi connectivity index (χ0n) is 14.3. The van der Waals surface area contributed by atoms with Crippen molar-refractivity contribution in [2.75, 3.05) is 13.1 Å². The Morgan fingerprint density at radius 2 is 1.96 bits per heavy atom. The van der Waals surface area contributed by atoms with Crippen molar-refractivity contribution in [1.29, 1.82) is 0 Å². The number of carbonyl (C=O) groups is 1. The van der Waals surface area contributed by atoms with Crippen LogP contribution in [0.15, 0.2) is 30.3 Å². The molecule has 1 amide bonds. The maximum atomic E-state index is 12.9. The Morgan fingerprint density at radius 1 is 1.22 bits per heavy atom. The minimum atomic E-state index is -0.224. The molecule has 2 N–H and O–H groups in total. The molecule has 126 valence electrons. The number of piperidine rings is 1. The minimum absolute atomic E-state index is 0.209. The Hall–Kier alpha value is -1.35. The van der Waals surface area contributed by atoms with Crippen LogP contribution >= 0.6 is 0 Å². The van der Waals surface area contributed by atoms with Gasteiger partial charge < -0.3 is 10.6 Å². The summed E-state index contributed by atoms with van der Waals surface area (Å²) in [4.78, 5) is 12.9. The molecule has 0 aromatic heterocycles. The third kappa shape index (κ3) is 3.77. The van der Waals surface area contributed by atoms with Crippen LogP contribution in [0.3, 0.4) is 0 Å². The quantitative estimate of drug-likeness (QED) is 0.891. The molecule has 1 aliphatic carbocycles. The first kappa shape index (κ1) is 16.5. The van der Waals surface area contributed by atoms with Crippen LogP contribution in [0.25, 0.3) is 0 Å². The lowest BCUT2D eigenvalue weighted by Crippen LogP contribution is -2.56. The highest BCUT2D eigenvalue weighted by Gasteiger charge is 2.37. The van der Waals surface area contributed by atoms with Gasteiger partial charge in [-0.3, -0.25) is 4.79 Å². The molecule has 0 unspecified atom stereocenters. The van der Waals surface area contributed by atoms with E-state index < -0.39 is 0 Å². The van der Waals surface area contributed by atoms with Gasteiger partial charge in [0.2, 0.25) is 5.91 Å². The van der Waals surface area contributed by atoms with Crippen molar-refractivity contribution in [1.82, 2.24) is 10.6 Å². The predicted molar refractivity (Wildman–Crippen MR) is 94.1 cm³/mol. The van der Waals surface area contributed by atoms with Crippen LogP contribution in [0.4, 0.5) is 0 Å². The summed E-state index contributed by atoms with van der Waals surface area (Å²) in [5.41, 5.74) is 1.01. The third-order valence-electron chi connectivity index (χ3n) is 5.87. The lowest BCUT2D eigenvalue weighted by Gasteiger charge is -2.40. The zero-order chi connectivity index (χ0) is 16.1. The van der Waals surface area contributed by atoms with Crippen LogP contribution in [0.2, 0.25) is 0 Å². The maximum Gasteiger partial charge on any atom is 0.223 e. The maximum absolute atomic E-state index is 12.9. The molecule has 1 aromatic carbocycles. The van der Waals surface area contributed by atoms with Gasteiger partial charge in [0.1, 0.15) is 0 Å². The summed E-state index contributed by atoms with van der Waals surface area (Å²) in [6.45, 7) is 4.16. The SMILES string of the molecule is CCC1CCC(C(=O)N[C@]2(c3ccccc3)CCCNC2)CC1. The highest BCUT2D eigenvalue weighted by Crippen LogP contribution is 2.33. The Balaban J connectivity index is 1.70. The summed E-state index contributed by atoms with van der Waals surface area (Å²) in [7, 11) is 0. The van der Waals surface area contributed by atoms with E-state index in [0.717, 1.165) is 44.7 Å². The van der Waals surface area contributed by atoms with Gasteiger partial charge in [-0.2, -0.15) is 0 Å². The highest BCUT2D eigenvalue weighted by molar-refractivity contribution is 5.79. The monoisotopic (exact) mass is 314 g/mol. The van der Waals surface area contributed by atoms with Gasteiger partial charge in [0.05, 0.1) is 5.54 Å². The summed E-state index contributed by atoms with van der Waals surface area (Å²) in [6.07, 6.45) is 7.94. The van der Waals surface area contributed by atoms with Gasteiger partial charge in [0.15, 0.2) is 0 Å². The molecule has 1 heterocycles. The molecule has 1 atom stereocenters. The van der Waals surface area contributed by atoms with Crippen molar-refractivity contribution in [3.05, 3.63) is 35.9 Å². The lowest BCUT2D eigenvalue weighted by atomic mass is 9.78. The van der Waals surface area contributed by atoms with Gasteiger partial charge in [-0.05, 0) is 56.6 Å². The summed E-state index contributed by atoms with van der Waals surface area (Å²) < 4.78 is 0. The van der Waals surface area contributed by atoms with Gasteiger partial charge in [0, 0.05) is 12.5 Å². The molecule has 2 aliphatic rings. The lowest BCUT2D eigenvalue weighted by molar-refractivity contribution is -0.128. The largest absolute Gasteiger partial charge is 0.345 e. The van der Waals surface area contributed by atoms with Crippen LogP contribution in [0.1, 0.15) is 57.4 Å². The number of carbonyl (C=O) groups excluding carboxylic acids is 1. The second-order valence-corrected chi connectivity index (χ2v) is 7.34. The van der Waals surface area contributed by atoms with E-state index in [0.29, 0.717) is 0 Å². The van der Waals surface area contributed by atoms with Gasteiger partial charge in [-0.1, -0.05) is 43.7 Å². The van der Waals surface area contributed by atoms with Crippen molar-refractivity contribution in [3.63, 3.8) is 0 Å². The van der Waals surface area contributed by atoms with E-state index in [1.165, 1.54) is 24.8 Å². The number of nitrogens with one attached hydrogen (secondary N) is 2. The molecule has 23 heavy (non-hydrogen) atoms. The molecule has 1 saturated carbocycles. The van der Waals surface area contributed by atoms with Crippen molar-refractivity contribution in [2.45, 2.75) is 57.4 Å². The van der Waals surface area contributed by atoms with Crippen LogP contribution in [-0.4, -0.2) is 19.0 Å². The molecule has 1 aliphatic heterocycles. The van der Waals surface area contributed by atoms with Gasteiger partial charge in [-0.25, -0.2) is 0 Å². The Morgan fingerprint density at radius 3 is 2.57 bits per heavy atom. The van der Waals surface area contributed by atoms with Crippen LogP contribution in [0.5, 0.6) is 0 Å². The van der Waals surface area contributed by atoms with E-state index in [4.69, 9.17) is 0 Å². The molecule has 3 nitrogen and oxygen atoms in total. The van der Waals surface area contributed by atoms with Crippen molar-refractivity contribution in [3.8, 4) is 0 Å². The smallest absolute Gasteiger partial charge is 0.223 e. The Bertz CT molecular complexity index is 500. The molecule has 3 heteroatoms. The van der Waals surface area contributed by atoms with E-state index in [1.54, 1.807) is 0 Å². The molecule has 0 radical (unpaired) electrons. The first-order chi connectivity index (χ1) is 11.2. The summed E-state index contributed by atoms with van der Waals surface area (Å²) in [5, 5.41) is 6.93. The first-order valence-electron chi connectivity index (χ1n) is 9.32. The van der Waals surface area contributed by atoms with E-state index >= 15 is 0 Å². The topological polar surface area (TPSA) is 41.1 Å². The highest BCUT2D eigenvalue weighted by atomic mass is 16.2. The van der Waals surface area contributed by atoms with Gasteiger partial charge in [-0.15, -0.1) is 0 Å². The summed E-state index contributed by atoms with van der Waals surface area (Å²) in [5.74, 6) is 1.31. The van der Waals surface area contributed by atoms with Crippen molar-refractivity contribution in [2.24, 2.45) is 11.8 Å². The van der Waals surface area contributed by atoms with Crippen molar-refractivity contribution >= 4 is 5.91 Å². The Kier molecular flexibility index (Phi) is 5.37. The standard InChI is InChI=1S/C20H30N2O/c1-2-16-9-11-17(12-10-16)19(23)22-20(13-6-14-21-15-20)18-7-4-3-5-8-18/h3-5,7-8,16-17,21H,2,6,9-15H2,1H3,(H,22,23)/t16?,17?,20-/m1/s1. The van der Waals surface area contributed by atoms with Crippen LogP contribution in [0, 0.1) is 11.8 Å². The number of rotatable bonds is 4. The predicted octanol–water partition coefficient (Wildman–Crippen LogP) is 3.60. The van der Waals surface area contributed by atoms with Crippen LogP contribution < -0.4 is 10.6 Å². The second-order valence-electron chi connectivity index (χ2n) is 7.34. The molecular formula is C20H30N2O. The van der Waals surface area contributed by atoms with Gasteiger partial charge in [0.25, 0.3) is 0 Å². The number of hydrogen-bond donors (Lipinski definition) is 2. The fourth-order valence-electron chi connectivity index (χ4n) is 4.26. The number of hydrogen-bond acceptors (Lipinski definition) is 2. The zero-order valence-corrected chi connectivity index (χ0v) is 14.3. The fourth-order valence-corrected chi connectivity index (χ4v) is 4.26. The molecule has 0 bridgehead atoms. The normalized spacial score (nSPS) is 31.5. The average Bonchev–Trinajstić information content (AvgIpc) is 2.63. The Labute approximate surface area is 140 Å². The average molecular weight is 314 g/mol. The number of amides is 1. The van der Waals surface area contributed by atoms with Crippen molar-refractivity contribution < 1.29 is 4.79 Å². The summed E-state index contributed by atoms with van der Waals surface area (Å²) >= 11 is 0. The number of benzene rings is 1. The minimum Gasteiger partial charge on any atom is -0.345 e. The molecule has 1 aromatic rings.